The number of nitro groups is 1. The highest BCUT2D eigenvalue weighted by Crippen LogP contribution is 2.23. The highest BCUT2D eigenvalue weighted by molar-refractivity contribution is 5.87. The lowest BCUT2D eigenvalue weighted by atomic mass is 10.2. The van der Waals surface area contributed by atoms with E-state index in [9.17, 15) is 24.8 Å². The summed E-state index contributed by atoms with van der Waals surface area (Å²) in [6, 6.07) is 8.30. The lowest BCUT2D eigenvalue weighted by Crippen LogP contribution is -2.14. The number of carboxylic acids is 1. The number of nitrogens with zero attached hydrogens (tertiary/aromatic N) is 3. The zero-order valence-electron chi connectivity index (χ0n) is 15.4. The van der Waals surface area contributed by atoms with Crippen molar-refractivity contribution >= 4 is 23.8 Å². The number of aryl methyl sites for hydroxylation is 1. The molecule has 0 aliphatic rings. The Bertz CT molecular complexity index is 1200. The normalized spacial score (nSPS) is 11.1. The van der Waals surface area contributed by atoms with Crippen LogP contribution in [0.25, 0.3) is 17.8 Å². The third kappa shape index (κ3) is 3.76. The van der Waals surface area contributed by atoms with Crippen LogP contribution in [0.5, 0.6) is 5.88 Å². The zero-order valence-corrected chi connectivity index (χ0v) is 15.4. The molecule has 3 rings (SSSR count). The van der Waals surface area contributed by atoms with Gasteiger partial charge in [-0.05, 0) is 61.9 Å². The number of carbonyl (C=O) groups is 1. The standard InChI is InChI=1S/C19H16N4O6/c1-10-9-13(5-8-15-20-17(24)16(23(28)29)18(25)21-15)11(2)22(10)14-6-3-12(4-7-14)19(26)27/h3-9H,1-2H3,(H,26,27)(H2,20,21,24,25). The Morgan fingerprint density at radius 3 is 2.45 bits per heavy atom. The number of hydrogen-bond acceptors (Lipinski definition) is 6. The summed E-state index contributed by atoms with van der Waals surface area (Å²) in [5.41, 5.74) is 1.42. The summed E-state index contributed by atoms with van der Waals surface area (Å²) >= 11 is 0. The molecule has 0 fully saturated rings. The van der Waals surface area contributed by atoms with Gasteiger partial charge in [0.1, 0.15) is 5.82 Å². The molecule has 0 saturated carbocycles. The second kappa shape index (κ2) is 7.43. The van der Waals surface area contributed by atoms with Crippen molar-refractivity contribution in [1.29, 1.82) is 0 Å². The minimum atomic E-state index is -1.05. The number of H-pyrrole nitrogens is 1. The summed E-state index contributed by atoms with van der Waals surface area (Å²) in [5.74, 6) is -2.00. The quantitative estimate of drug-likeness (QED) is 0.443. The summed E-state index contributed by atoms with van der Waals surface area (Å²) in [6.07, 6.45) is 3.07. The van der Waals surface area contributed by atoms with Crippen LogP contribution in [-0.2, 0) is 0 Å². The average molecular weight is 396 g/mol. The fourth-order valence-electron chi connectivity index (χ4n) is 2.99. The van der Waals surface area contributed by atoms with Crippen molar-refractivity contribution in [3.8, 4) is 11.6 Å². The summed E-state index contributed by atoms with van der Waals surface area (Å²) in [5, 5.41) is 29.4. The molecule has 148 valence electrons. The highest BCUT2D eigenvalue weighted by atomic mass is 16.6. The first-order valence-corrected chi connectivity index (χ1v) is 8.37. The monoisotopic (exact) mass is 396 g/mol. The van der Waals surface area contributed by atoms with Gasteiger partial charge in [-0.15, -0.1) is 0 Å². The van der Waals surface area contributed by atoms with Gasteiger partial charge in [0.2, 0.25) is 0 Å². The Morgan fingerprint density at radius 2 is 1.90 bits per heavy atom. The molecule has 2 heterocycles. The van der Waals surface area contributed by atoms with Crippen LogP contribution in [0.1, 0.15) is 33.1 Å². The van der Waals surface area contributed by atoms with E-state index < -0.39 is 28.0 Å². The Labute approximate surface area is 163 Å². The summed E-state index contributed by atoms with van der Waals surface area (Å²) in [7, 11) is 0. The third-order valence-electron chi connectivity index (χ3n) is 4.34. The van der Waals surface area contributed by atoms with Gasteiger partial charge >= 0.3 is 17.2 Å². The molecule has 10 heteroatoms. The van der Waals surface area contributed by atoms with Gasteiger partial charge in [-0.2, -0.15) is 4.98 Å². The fourth-order valence-corrected chi connectivity index (χ4v) is 2.99. The van der Waals surface area contributed by atoms with Crippen LogP contribution in [0.3, 0.4) is 0 Å². The molecule has 0 radical (unpaired) electrons. The second-order valence-corrected chi connectivity index (χ2v) is 6.23. The van der Waals surface area contributed by atoms with Crippen LogP contribution in [0.2, 0.25) is 0 Å². The molecule has 0 unspecified atom stereocenters. The van der Waals surface area contributed by atoms with E-state index in [1.54, 1.807) is 18.2 Å². The SMILES string of the molecule is Cc1cc(C=Cc2nc(O)c([N+](=O)[O-])c(=O)[nH]2)c(C)n1-c1ccc(C(=O)O)cc1. The minimum Gasteiger partial charge on any atom is -0.488 e. The number of aromatic carboxylic acids is 1. The molecule has 0 aliphatic carbocycles. The smallest absolute Gasteiger partial charge is 0.395 e. The van der Waals surface area contributed by atoms with E-state index in [0.717, 1.165) is 22.6 Å². The number of benzene rings is 1. The molecule has 3 aromatic rings. The largest absolute Gasteiger partial charge is 0.488 e. The number of nitrogens with one attached hydrogen (secondary N) is 1. The maximum atomic E-state index is 11.7. The van der Waals surface area contributed by atoms with Gasteiger partial charge in [-0.25, -0.2) is 4.79 Å². The maximum Gasteiger partial charge on any atom is 0.395 e. The van der Waals surface area contributed by atoms with Crippen LogP contribution < -0.4 is 5.56 Å². The first kappa shape index (κ1) is 19.5. The van der Waals surface area contributed by atoms with E-state index in [2.05, 4.69) is 9.97 Å². The molecule has 3 N–H and O–H groups in total. The van der Waals surface area contributed by atoms with Crippen molar-refractivity contribution in [2.75, 3.05) is 0 Å². The predicted molar refractivity (Wildman–Crippen MR) is 104 cm³/mol. The molecular weight excluding hydrogens is 380 g/mol. The molecule has 0 spiro atoms. The Hall–Kier alpha value is -4.21. The molecule has 2 aromatic heterocycles. The van der Waals surface area contributed by atoms with Gasteiger partial charge < -0.3 is 19.8 Å². The first-order valence-electron chi connectivity index (χ1n) is 8.37. The van der Waals surface area contributed by atoms with Gasteiger partial charge in [0.25, 0.3) is 5.88 Å². The summed E-state index contributed by atoms with van der Waals surface area (Å²) < 4.78 is 1.93. The van der Waals surface area contributed by atoms with E-state index in [1.165, 1.54) is 18.2 Å². The van der Waals surface area contributed by atoms with Crippen molar-refractivity contribution in [3.63, 3.8) is 0 Å². The number of aromatic hydroxyl groups is 1. The van der Waals surface area contributed by atoms with Gasteiger partial charge in [0.15, 0.2) is 0 Å². The molecule has 0 saturated heterocycles. The Kier molecular flexibility index (Phi) is 5.01. The molecule has 0 aliphatic heterocycles. The molecule has 10 nitrogen and oxygen atoms in total. The fraction of sp³-hybridized carbons (Fsp3) is 0.105. The second-order valence-electron chi connectivity index (χ2n) is 6.23. The van der Waals surface area contributed by atoms with E-state index in [4.69, 9.17) is 5.11 Å². The van der Waals surface area contributed by atoms with Crippen molar-refractivity contribution in [3.05, 3.63) is 79.1 Å². The van der Waals surface area contributed by atoms with Crippen LogP contribution in [0, 0.1) is 24.0 Å². The van der Waals surface area contributed by atoms with Crippen molar-refractivity contribution in [2.24, 2.45) is 0 Å². The van der Waals surface area contributed by atoms with Gasteiger partial charge in [-0.1, -0.05) is 0 Å². The van der Waals surface area contributed by atoms with Crippen LogP contribution in [-0.4, -0.2) is 35.6 Å². The minimum absolute atomic E-state index is 0.0336. The first-order chi connectivity index (χ1) is 13.7. The molecular formula is C19H16N4O6. The van der Waals surface area contributed by atoms with Crippen LogP contribution in [0.15, 0.2) is 35.1 Å². The maximum absolute atomic E-state index is 11.7. The zero-order chi connectivity index (χ0) is 21.3. The molecule has 0 amide bonds. The Morgan fingerprint density at radius 1 is 1.24 bits per heavy atom. The lowest BCUT2D eigenvalue weighted by Gasteiger charge is -2.10. The number of rotatable bonds is 5. The van der Waals surface area contributed by atoms with E-state index >= 15 is 0 Å². The predicted octanol–water partition coefficient (Wildman–Crippen LogP) is 2.66. The van der Waals surface area contributed by atoms with Crippen LogP contribution >= 0.6 is 0 Å². The molecule has 29 heavy (non-hydrogen) atoms. The average Bonchev–Trinajstić information content (AvgIpc) is 2.92. The van der Waals surface area contributed by atoms with Crippen molar-refractivity contribution < 1.29 is 19.9 Å². The lowest BCUT2D eigenvalue weighted by molar-refractivity contribution is -0.387. The van der Waals surface area contributed by atoms with Crippen LogP contribution in [0.4, 0.5) is 5.69 Å². The van der Waals surface area contributed by atoms with E-state index in [1.807, 2.05) is 24.5 Å². The summed E-state index contributed by atoms with van der Waals surface area (Å²) in [6.45, 7) is 3.74. The topological polar surface area (TPSA) is 151 Å². The summed E-state index contributed by atoms with van der Waals surface area (Å²) in [4.78, 5) is 38.3. The van der Waals surface area contributed by atoms with Gasteiger partial charge in [0.05, 0.1) is 10.5 Å². The molecule has 0 atom stereocenters. The third-order valence-corrected chi connectivity index (χ3v) is 4.34. The molecule has 0 bridgehead atoms. The van der Waals surface area contributed by atoms with E-state index in [-0.39, 0.29) is 11.4 Å². The number of hydrogen-bond donors (Lipinski definition) is 3. The van der Waals surface area contributed by atoms with Gasteiger partial charge in [0, 0.05) is 17.1 Å². The molecule has 1 aromatic carbocycles. The van der Waals surface area contributed by atoms with Gasteiger partial charge in [-0.3, -0.25) is 14.9 Å². The van der Waals surface area contributed by atoms with Crippen molar-refractivity contribution in [1.82, 2.24) is 14.5 Å². The number of aromatic amines is 1. The van der Waals surface area contributed by atoms with E-state index in [0.29, 0.717) is 0 Å². The number of aromatic nitrogens is 3. The van der Waals surface area contributed by atoms with Crippen molar-refractivity contribution in [2.45, 2.75) is 13.8 Å². The number of carboxylic acid groups (broad SMARTS) is 1. The Balaban J connectivity index is 1.96. The highest BCUT2D eigenvalue weighted by Gasteiger charge is 2.21.